The number of carbonyl (C=O) groups is 2. The van der Waals surface area contributed by atoms with Gasteiger partial charge in [0, 0.05) is 47.6 Å². The molecule has 1 amide bonds. The number of rotatable bonds is 6. The number of halogens is 2. The topological polar surface area (TPSA) is 175 Å². The van der Waals surface area contributed by atoms with E-state index < -0.39 is 5.97 Å². The lowest BCUT2D eigenvalue weighted by molar-refractivity contribution is 0.0692. The highest BCUT2D eigenvalue weighted by atomic mass is 35.5. The van der Waals surface area contributed by atoms with E-state index in [9.17, 15) is 14.7 Å². The van der Waals surface area contributed by atoms with E-state index in [0.29, 0.717) is 23.0 Å². The summed E-state index contributed by atoms with van der Waals surface area (Å²) in [6.07, 6.45) is 5.78. The quantitative estimate of drug-likeness (QED) is 0.119. The van der Waals surface area contributed by atoms with Crippen LogP contribution in [-0.4, -0.2) is 74.4 Å². The first kappa shape index (κ1) is 52.4. The minimum absolute atomic E-state index is 0. The molecule has 2 aromatic heterocycles. The van der Waals surface area contributed by atoms with Crippen molar-refractivity contribution in [3.8, 4) is 34.7 Å². The summed E-state index contributed by atoms with van der Waals surface area (Å²) < 4.78 is 0. The molecular formula is C53H62Cl2N8O3. The Labute approximate surface area is 401 Å². The van der Waals surface area contributed by atoms with E-state index in [1.165, 1.54) is 30.4 Å². The molecule has 8 rings (SSSR count). The van der Waals surface area contributed by atoms with Gasteiger partial charge < -0.3 is 25.3 Å². The number of carboxylic acid groups (broad SMARTS) is 1. The number of carbonyl (C=O) groups excluding carboxylic acids is 1. The third-order valence-corrected chi connectivity index (χ3v) is 12.3. The number of alkyl halides is 1. The van der Waals surface area contributed by atoms with Crippen molar-refractivity contribution in [3.05, 3.63) is 151 Å². The molecule has 0 saturated carbocycles. The Kier molecular flexibility index (Phi) is 19.3. The van der Waals surface area contributed by atoms with Crippen molar-refractivity contribution in [2.45, 2.75) is 92.9 Å². The van der Waals surface area contributed by atoms with Crippen LogP contribution in [0, 0.1) is 78.1 Å². The molecule has 0 atom stereocenters. The van der Waals surface area contributed by atoms with Crippen LogP contribution in [0.2, 0.25) is 0 Å². The van der Waals surface area contributed by atoms with Crippen molar-refractivity contribution < 1.29 is 14.7 Å². The van der Waals surface area contributed by atoms with Crippen LogP contribution < -0.4 is 5.32 Å². The van der Waals surface area contributed by atoms with Gasteiger partial charge in [-0.25, -0.2) is 14.8 Å². The predicted molar refractivity (Wildman–Crippen MR) is 267 cm³/mol. The molecule has 66 heavy (non-hydrogen) atoms. The Morgan fingerprint density at radius 2 is 1.02 bits per heavy atom. The van der Waals surface area contributed by atoms with Gasteiger partial charge in [-0.1, -0.05) is 36.4 Å². The van der Waals surface area contributed by atoms with E-state index in [-0.39, 0.29) is 18.3 Å². The number of nitrogens with zero attached hydrogens (tertiary/aromatic N) is 5. The van der Waals surface area contributed by atoms with Gasteiger partial charge in [-0.3, -0.25) is 4.79 Å². The molecule has 0 radical (unpaired) electrons. The van der Waals surface area contributed by atoms with Gasteiger partial charge in [-0.2, -0.15) is 10.5 Å². The van der Waals surface area contributed by atoms with Gasteiger partial charge in [0.05, 0.1) is 40.2 Å². The summed E-state index contributed by atoms with van der Waals surface area (Å²) in [4.78, 5) is 42.0. The van der Waals surface area contributed by atoms with Crippen molar-refractivity contribution in [3.63, 3.8) is 0 Å². The molecule has 2 saturated heterocycles. The zero-order valence-corrected chi connectivity index (χ0v) is 41.1. The van der Waals surface area contributed by atoms with Crippen molar-refractivity contribution in [1.82, 2.24) is 30.2 Å². The van der Waals surface area contributed by atoms with Crippen molar-refractivity contribution in [1.29, 1.82) is 10.5 Å². The number of amides is 1. The molecule has 2 aliphatic rings. The van der Waals surface area contributed by atoms with Crippen molar-refractivity contribution in [2.75, 3.05) is 32.6 Å². The SMILES string of the molecule is CCl.Cc1nc(-c2cc(C(=O)N3CCC(c4ccc(C#N)cc4)CC3)c(C)cc2C)c(C)[nH]1.Cc1nc(-c2cc(C(=O)O)c(C)cc2C)c(C)[nH]1.Cl.N#Cc1ccc(C2CCNCC2)cc1. The Bertz CT molecular complexity index is 2680. The van der Waals surface area contributed by atoms with E-state index in [1.807, 2.05) is 102 Å². The first-order valence-corrected chi connectivity index (χ1v) is 22.8. The van der Waals surface area contributed by atoms with Gasteiger partial charge in [-0.15, -0.1) is 24.0 Å². The molecule has 0 spiro atoms. The number of H-pyrrole nitrogens is 2. The van der Waals surface area contributed by atoms with Gasteiger partial charge >= 0.3 is 5.97 Å². The Hall–Kier alpha value is -6.24. The number of benzene rings is 4. The smallest absolute Gasteiger partial charge is 0.335 e. The zero-order valence-electron chi connectivity index (χ0n) is 39.5. The standard InChI is InChI=1S/C26H28N4O.C14H16N2O2.C12H14N2.CH3Cl.ClH/c1-16-13-17(2)24(14-23(16)25-18(3)28-19(4)29-25)26(31)30-11-9-22(10-12-30)21-7-5-20(15-27)6-8-21;1-7-5-8(2)12(14(17)18)6-11(7)13-9(3)15-10(4)16-13;13-9-10-1-3-11(4-2-10)12-5-7-14-8-6-12;1-2;/h5-8,13-14,22H,9-12H2,1-4H3,(H,28,29);5-6H,1-4H3,(H,15,16)(H,17,18);1-4,12,14H,5-8H2;1H3;1H. The minimum atomic E-state index is -0.904. The summed E-state index contributed by atoms with van der Waals surface area (Å²) in [6, 6.07) is 27.9. The average molecular weight is 930 g/mol. The molecule has 0 unspecified atom stereocenters. The second-order valence-corrected chi connectivity index (χ2v) is 16.9. The highest BCUT2D eigenvalue weighted by molar-refractivity contribution is 6.15. The van der Waals surface area contributed by atoms with Crippen LogP contribution in [0.5, 0.6) is 0 Å². The highest BCUT2D eigenvalue weighted by Gasteiger charge is 2.27. The molecule has 4 aromatic carbocycles. The van der Waals surface area contributed by atoms with Crippen LogP contribution >= 0.6 is 24.0 Å². The van der Waals surface area contributed by atoms with E-state index in [1.54, 1.807) is 6.07 Å². The molecule has 2 fully saturated rings. The van der Waals surface area contributed by atoms with Gasteiger partial charge in [0.1, 0.15) is 11.6 Å². The molecule has 2 aliphatic heterocycles. The lowest BCUT2D eigenvalue weighted by Crippen LogP contribution is -2.38. The fraction of sp³-hybridized carbons (Fsp3) is 0.358. The lowest BCUT2D eigenvalue weighted by atomic mass is 9.88. The molecule has 4 N–H and O–H groups in total. The molecule has 0 bridgehead atoms. The summed E-state index contributed by atoms with van der Waals surface area (Å²) in [7, 11) is 0. The van der Waals surface area contributed by atoms with E-state index >= 15 is 0 Å². The summed E-state index contributed by atoms with van der Waals surface area (Å²) in [5, 5.41) is 30.2. The number of aromatic carboxylic acids is 1. The van der Waals surface area contributed by atoms with Crippen molar-refractivity contribution in [2.24, 2.45) is 0 Å². The van der Waals surface area contributed by atoms with Crippen LogP contribution in [0.3, 0.4) is 0 Å². The minimum Gasteiger partial charge on any atom is -0.478 e. The van der Waals surface area contributed by atoms with Gasteiger partial charge in [0.2, 0.25) is 0 Å². The molecule has 346 valence electrons. The normalized spacial score (nSPS) is 13.5. The fourth-order valence-electron chi connectivity index (χ4n) is 8.82. The molecule has 0 aliphatic carbocycles. The second kappa shape index (κ2) is 24.3. The number of piperidine rings is 2. The fourth-order valence-corrected chi connectivity index (χ4v) is 8.82. The Morgan fingerprint density at radius 3 is 1.39 bits per heavy atom. The van der Waals surface area contributed by atoms with Gasteiger partial charge in [0.25, 0.3) is 5.91 Å². The van der Waals surface area contributed by atoms with Crippen LogP contribution in [0.4, 0.5) is 0 Å². The van der Waals surface area contributed by atoms with Crippen LogP contribution in [-0.2, 0) is 0 Å². The molecule has 11 nitrogen and oxygen atoms in total. The predicted octanol–water partition coefficient (Wildman–Crippen LogP) is 11.5. The maximum atomic E-state index is 13.4. The first-order valence-electron chi connectivity index (χ1n) is 22.1. The van der Waals surface area contributed by atoms with Gasteiger partial charge in [0.15, 0.2) is 0 Å². The summed E-state index contributed by atoms with van der Waals surface area (Å²) in [5.41, 5.74) is 14.7. The number of likely N-dealkylation sites (tertiary alicyclic amines) is 1. The number of carboxylic acids is 1. The van der Waals surface area contributed by atoms with E-state index in [0.717, 1.165) is 118 Å². The number of imidazole rings is 2. The van der Waals surface area contributed by atoms with E-state index in [2.05, 4.69) is 74.1 Å². The van der Waals surface area contributed by atoms with Crippen LogP contribution in [0.15, 0.2) is 72.8 Å². The monoisotopic (exact) mass is 928 g/mol. The number of aromatic nitrogens is 4. The molecular weight excluding hydrogens is 868 g/mol. The third-order valence-electron chi connectivity index (χ3n) is 12.3. The molecule has 13 heteroatoms. The number of hydrogen-bond donors (Lipinski definition) is 4. The average Bonchev–Trinajstić information content (AvgIpc) is 3.84. The first-order chi connectivity index (χ1) is 31.2. The second-order valence-electron chi connectivity index (χ2n) is 16.9. The lowest BCUT2D eigenvalue weighted by Gasteiger charge is -2.33. The maximum absolute atomic E-state index is 13.4. The van der Waals surface area contributed by atoms with Crippen LogP contribution in [0.1, 0.15) is 126 Å². The Balaban J connectivity index is 0.000000231. The molecule has 4 heterocycles. The maximum Gasteiger partial charge on any atom is 0.335 e. The van der Waals surface area contributed by atoms with Gasteiger partial charge in [-0.05, 0) is 176 Å². The largest absolute Gasteiger partial charge is 0.478 e. The molecule has 6 aromatic rings. The Morgan fingerprint density at radius 1 is 0.621 bits per heavy atom. The number of nitriles is 2. The summed E-state index contributed by atoms with van der Waals surface area (Å²) in [6.45, 7) is 19.4. The highest BCUT2D eigenvalue weighted by Crippen LogP contribution is 2.33. The van der Waals surface area contributed by atoms with Crippen molar-refractivity contribution >= 4 is 35.9 Å². The summed E-state index contributed by atoms with van der Waals surface area (Å²) in [5.74, 6) is 2.02. The van der Waals surface area contributed by atoms with Crippen LogP contribution in [0.25, 0.3) is 22.5 Å². The number of hydrogen-bond acceptors (Lipinski definition) is 7. The number of aryl methyl sites for hydroxylation is 8. The number of nitrogens with one attached hydrogen (secondary N) is 3. The summed E-state index contributed by atoms with van der Waals surface area (Å²) >= 11 is 4.64. The number of aromatic amines is 2. The zero-order chi connectivity index (χ0) is 47.4. The van der Waals surface area contributed by atoms with E-state index in [4.69, 9.17) is 10.5 Å². The third kappa shape index (κ3) is 13.0.